The van der Waals surface area contributed by atoms with Crippen molar-refractivity contribution in [2.75, 3.05) is 11.9 Å². The Bertz CT molecular complexity index is 367. The Morgan fingerprint density at radius 1 is 1.16 bits per heavy atom. The summed E-state index contributed by atoms with van der Waals surface area (Å²) in [5, 5.41) is 6.81. The average Bonchev–Trinajstić information content (AvgIpc) is 2.37. The SMILES string of the molecule is CCC(CC)CNc1cncc(CNC(C)(C)C)n1. The van der Waals surface area contributed by atoms with Crippen LogP contribution in [0.1, 0.15) is 53.2 Å². The van der Waals surface area contributed by atoms with Crippen molar-refractivity contribution in [2.45, 2.75) is 59.5 Å². The second-order valence-electron chi connectivity index (χ2n) is 6.06. The first kappa shape index (κ1) is 15.9. The fraction of sp³-hybridized carbons (Fsp3) is 0.733. The molecule has 0 aliphatic carbocycles. The Hall–Kier alpha value is -1.16. The van der Waals surface area contributed by atoms with E-state index in [1.54, 1.807) is 6.20 Å². The highest BCUT2D eigenvalue weighted by molar-refractivity contribution is 5.31. The molecule has 0 bridgehead atoms. The number of rotatable bonds is 7. The van der Waals surface area contributed by atoms with E-state index in [0.717, 1.165) is 24.6 Å². The molecule has 0 spiro atoms. The van der Waals surface area contributed by atoms with Gasteiger partial charge in [-0.3, -0.25) is 4.98 Å². The normalized spacial score (nSPS) is 11.9. The Kier molecular flexibility index (Phi) is 6.22. The lowest BCUT2D eigenvalue weighted by Gasteiger charge is -2.20. The van der Waals surface area contributed by atoms with E-state index >= 15 is 0 Å². The number of aromatic nitrogens is 2. The fourth-order valence-corrected chi connectivity index (χ4v) is 1.76. The molecule has 0 aromatic carbocycles. The highest BCUT2D eigenvalue weighted by atomic mass is 15.0. The highest BCUT2D eigenvalue weighted by Gasteiger charge is 2.09. The van der Waals surface area contributed by atoms with Crippen molar-refractivity contribution < 1.29 is 0 Å². The van der Waals surface area contributed by atoms with Gasteiger partial charge in [-0.15, -0.1) is 0 Å². The van der Waals surface area contributed by atoms with Gasteiger partial charge in [0.25, 0.3) is 0 Å². The van der Waals surface area contributed by atoms with E-state index in [2.05, 4.69) is 55.2 Å². The first-order chi connectivity index (χ1) is 8.94. The number of hydrogen-bond acceptors (Lipinski definition) is 4. The molecule has 4 heteroatoms. The van der Waals surface area contributed by atoms with Crippen LogP contribution in [-0.4, -0.2) is 22.1 Å². The van der Waals surface area contributed by atoms with Crippen LogP contribution in [0.4, 0.5) is 5.82 Å². The standard InChI is InChI=1S/C15H28N4/c1-6-12(7-2)8-17-14-11-16-9-13(19-14)10-18-15(3,4)5/h9,11-12,18H,6-8,10H2,1-5H3,(H,17,19). The zero-order chi connectivity index (χ0) is 14.3. The van der Waals surface area contributed by atoms with E-state index < -0.39 is 0 Å². The zero-order valence-corrected chi connectivity index (χ0v) is 13.0. The zero-order valence-electron chi connectivity index (χ0n) is 13.0. The van der Waals surface area contributed by atoms with Gasteiger partial charge in [0.2, 0.25) is 0 Å². The summed E-state index contributed by atoms with van der Waals surface area (Å²) in [5.74, 6) is 1.58. The topological polar surface area (TPSA) is 49.8 Å². The lowest BCUT2D eigenvalue weighted by Crippen LogP contribution is -2.35. The molecule has 1 aromatic heterocycles. The molecule has 2 N–H and O–H groups in total. The second-order valence-corrected chi connectivity index (χ2v) is 6.06. The molecule has 1 rings (SSSR count). The molecule has 0 fully saturated rings. The summed E-state index contributed by atoms with van der Waals surface area (Å²) in [4.78, 5) is 8.83. The minimum Gasteiger partial charge on any atom is -0.369 e. The van der Waals surface area contributed by atoms with Gasteiger partial charge in [-0.25, -0.2) is 4.98 Å². The fourth-order valence-electron chi connectivity index (χ4n) is 1.76. The van der Waals surface area contributed by atoms with E-state index in [4.69, 9.17) is 0 Å². The van der Waals surface area contributed by atoms with Crippen LogP contribution in [0.5, 0.6) is 0 Å². The van der Waals surface area contributed by atoms with E-state index in [1.165, 1.54) is 12.8 Å². The second kappa shape index (κ2) is 7.43. The van der Waals surface area contributed by atoms with Crippen molar-refractivity contribution >= 4 is 5.82 Å². The summed E-state index contributed by atoms with van der Waals surface area (Å²) in [5.41, 5.74) is 1.07. The summed E-state index contributed by atoms with van der Waals surface area (Å²) in [7, 11) is 0. The van der Waals surface area contributed by atoms with Crippen molar-refractivity contribution in [1.82, 2.24) is 15.3 Å². The Morgan fingerprint density at radius 2 is 1.84 bits per heavy atom. The molecule has 0 saturated carbocycles. The van der Waals surface area contributed by atoms with Crippen LogP contribution in [0.2, 0.25) is 0 Å². The lowest BCUT2D eigenvalue weighted by atomic mass is 10.0. The van der Waals surface area contributed by atoms with Gasteiger partial charge in [0.05, 0.1) is 11.9 Å². The Morgan fingerprint density at radius 3 is 2.42 bits per heavy atom. The maximum Gasteiger partial charge on any atom is 0.144 e. The molecule has 0 unspecified atom stereocenters. The van der Waals surface area contributed by atoms with Crippen molar-refractivity contribution in [2.24, 2.45) is 5.92 Å². The van der Waals surface area contributed by atoms with Gasteiger partial charge in [0, 0.05) is 24.8 Å². The smallest absolute Gasteiger partial charge is 0.144 e. The van der Waals surface area contributed by atoms with E-state index in [-0.39, 0.29) is 5.54 Å². The first-order valence-corrected chi connectivity index (χ1v) is 7.24. The predicted molar refractivity (Wildman–Crippen MR) is 81.2 cm³/mol. The third-order valence-electron chi connectivity index (χ3n) is 3.21. The maximum absolute atomic E-state index is 4.58. The van der Waals surface area contributed by atoms with Gasteiger partial charge in [0.1, 0.15) is 5.82 Å². The molecule has 4 nitrogen and oxygen atoms in total. The summed E-state index contributed by atoms with van der Waals surface area (Å²) < 4.78 is 0. The Balaban J connectivity index is 2.52. The monoisotopic (exact) mass is 264 g/mol. The molecule has 0 amide bonds. The molecule has 1 heterocycles. The van der Waals surface area contributed by atoms with Crippen LogP contribution in [-0.2, 0) is 6.54 Å². The third kappa shape index (κ3) is 6.53. The van der Waals surface area contributed by atoms with Crippen molar-refractivity contribution in [1.29, 1.82) is 0 Å². The summed E-state index contributed by atoms with van der Waals surface area (Å²) >= 11 is 0. The number of nitrogens with one attached hydrogen (secondary N) is 2. The average molecular weight is 264 g/mol. The van der Waals surface area contributed by atoms with Gasteiger partial charge in [0.15, 0.2) is 0 Å². The molecule has 0 saturated heterocycles. The van der Waals surface area contributed by atoms with Gasteiger partial charge in [-0.2, -0.15) is 0 Å². The summed E-state index contributed by atoms with van der Waals surface area (Å²) in [6.45, 7) is 12.6. The molecular weight excluding hydrogens is 236 g/mol. The molecule has 19 heavy (non-hydrogen) atoms. The molecule has 108 valence electrons. The maximum atomic E-state index is 4.58. The number of nitrogens with zero attached hydrogens (tertiary/aromatic N) is 2. The van der Waals surface area contributed by atoms with Crippen molar-refractivity contribution in [3.8, 4) is 0 Å². The highest BCUT2D eigenvalue weighted by Crippen LogP contribution is 2.10. The molecular formula is C15H28N4. The van der Waals surface area contributed by atoms with Crippen LogP contribution in [0.15, 0.2) is 12.4 Å². The quantitative estimate of drug-likeness (QED) is 0.794. The largest absolute Gasteiger partial charge is 0.369 e. The van der Waals surface area contributed by atoms with Crippen LogP contribution in [0.3, 0.4) is 0 Å². The summed E-state index contributed by atoms with van der Waals surface area (Å²) in [6, 6.07) is 0. The molecule has 0 aliphatic heterocycles. The lowest BCUT2D eigenvalue weighted by molar-refractivity contribution is 0.421. The van der Waals surface area contributed by atoms with Crippen LogP contribution in [0.25, 0.3) is 0 Å². The predicted octanol–water partition coefficient (Wildman–Crippen LogP) is 3.21. The van der Waals surface area contributed by atoms with Crippen LogP contribution < -0.4 is 10.6 Å². The van der Waals surface area contributed by atoms with Crippen molar-refractivity contribution in [3.05, 3.63) is 18.1 Å². The van der Waals surface area contributed by atoms with E-state index in [1.807, 2.05) is 6.20 Å². The van der Waals surface area contributed by atoms with E-state index in [0.29, 0.717) is 5.92 Å². The van der Waals surface area contributed by atoms with Gasteiger partial charge >= 0.3 is 0 Å². The van der Waals surface area contributed by atoms with Gasteiger partial charge in [-0.05, 0) is 26.7 Å². The Labute approximate surface area is 117 Å². The molecule has 0 radical (unpaired) electrons. The van der Waals surface area contributed by atoms with E-state index in [9.17, 15) is 0 Å². The number of anilines is 1. The molecule has 0 atom stereocenters. The van der Waals surface area contributed by atoms with Gasteiger partial charge < -0.3 is 10.6 Å². The molecule has 0 aliphatic rings. The minimum atomic E-state index is 0.0978. The van der Waals surface area contributed by atoms with Gasteiger partial charge in [-0.1, -0.05) is 26.7 Å². The first-order valence-electron chi connectivity index (χ1n) is 7.24. The number of hydrogen-bond donors (Lipinski definition) is 2. The van der Waals surface area contributed by atoms with Crippen LogP contribution in [0, 0.1) is 5.92 Å². The summed E-state index contributed by atoms with van der Waals surface area (Å²) in [6.07, 6.45) is 6.01. The minimum absolute atomic E-state index is 0.0978. The van der Waals surface area contributed by atoms with Crippen LogP contribution >= 0.6 is 0 Å². The van der Waals surface area contributed by atoms with Crippen molar-refractivity contribution in [3.63, 3.8) is 0 Å². The molecule has 1 aromatic rings. The third-order valence-corrected chi connectivity index (χ3v) is 3.21.